The van der Waals surface area contributed by atoms with E-state index in [0.29, 0.717) is 6.42 Å². The molecule has 0 spiro atoms. The van der Waals surface area contributed by atoms with Gasteiger partial charge in [0.2, 0.25) is 0 Å². The molecule has 8 heteroatoms. The fourth-order valence-corrected chi connectivity index (χ4v) is 3.88. The molecule has 0 N–H and O–H groups in total. The minimum atomic E-state index is -3.34. The molecule has 0 aliphatic rings. The van der Waals surface area contributed by atoms with Gasteiger partial charge in [-0.2, -0.15) is 0 Å². The Labute approximate surface area is 136 Å². The summed E-state index contributed by atoms with van der Waals surface area (Å²) < 4.78 is 33.9. The molecule has 0 saturated heterocycles. The summed E-state index contributed by atoms with van der Waals surface area (Å²) in [4.78, 5) is 0. The quantitative estimate of drug-likeness (QED) is 0.264. The van der Waals surface area contributed by atoms with Crippen molar-refractivity contribution in [2.24, 2.45) is 0 Å². The van der Waals surface area contributed by atoms with Crippen LogP contribution in [-0.2, 0) is 23.1 Å². The molecule has 0 aromatic heterocycles. The van der Waals surface area contributed by atoms with Crippen LogP contribution in [0.4, 0.5) is 0 Å². The monoisotopic (exact) mass is 360 g/mol. The normalized spacial score (nSPS) is 16.5. The van der Waals surface area contributed by atoms with E-state index in [9.17, 15) is 4.57 Å². The van der Waals surface area contributed by atoms with Crippen LogP contribution in [0.1, 0.15) is 13.3 Å². The van der Waals surface area contributed by atoms with E-state index in [1.165, 1.54) is 12.5 Å². The molecular weight excluding hydrogens is 338 g/mol. The van der Waals surface area contributed by atoms with Crippen LogP contribution >= 0.6 is 30.8 Å². The summed E-state index contributed by atoms with van der Waals surface area (Å²) in [5.74, 6) is 0.249. The Bertz CT molecular complexity index is 315. The number of alkyl halides is 2. The van der Waals surface area contributed by atoms with E-state index < -0.39 is 19.8 Å². The van der Waals surface area contributed by atoms with E-state index in [1.807, 2.05) is 6.92 Å². The molecule has 2 unspecified atom stereocenters. The average molecular weight is 361 g/mol. The van der Waals surface area contributed by atoms with Crippen molar-refractivity contribution >= 4 is 30.8 Å². The average Bonchev–Trinajstić information content (AvgIpc) is 2.48. The standard InChI is InChI=1S/C13H23Cl2O5P/c1-4-7-21(16,19-12(8-14)10-17-5-2)20-13(9-15)11-18-6-3/h5-6,12-13H,2-4,7-11H2,1H3. The van der Waals surface area contributed by atoms with Gasteiger partial charge in [0, 0.05) is 6.16 Å². The second-order valence-electron chi connectivity index (χ2n) is 4.10. The lowest BCUT2D eigenvalue weighted by Gasteiger charge is -2.26. The van der Waals surface area contributed by atoms with Gasteiger partial charge in [-0.15, -0.1) is 23.2 Å². The molecule has 0 amide bonds. The number of hydrogen-bond acceptors (Lipinski definition) is 5. The zero-order valence-corrected chi connectivity index (χ0v) is 14.6. The third-order valence-corrected chi connectivity index (χ3v) is 5.18. The van der Waals surface area contributed by atoms with Gasteiger partial charge in [-0.25, -0.2) is 0 Å². The van der Waals surface area contributed by atoms with Gasteiger partial charge in [-0.05, 0) is 6.42 Å². The van der Waals surface area contributed by atoms with Crippen molar-refractivity contribution in [1.82, 2.24) is 0 Å². The molecule has 21 heavy (non-hydrogen) atoms. The SMILES string of the molecule is C=COCC(CCl)OP(=O)(CCC)OC(CCl)COC=C. The molecule has 0 rings (SSSR count). The maximum Gasteiger partial charge on any atom is 0.331 e. The van der Waals surface area contributed by atoms with Crippen LogP contribution in [0.3, 0.4) is 0 Å². The van der Waals surface area contributed by atoms with E-state index in [2.05, 4.69) is 13.2 Å². The summed E-state index contributed by atoms with van der Waals surface area (Å²) in [6, 6.07) is 0. The first-order valence-electron chi connectivity index (χ1n) is 6.58. The number of halogens is 2. The second kappa shape index (κ2) is 12.4. The highest BCUT2D eigenvalue weighted by Gasteiger charge is 2.31. The first-order valence-corrected chi connectivity index (χ1v) is 9.37. The predicted octanol–water partition coefficient (Wildman–Crippen LogP) is 4.16. The fraction of sp³-hybridized carbons (Fsp3) is 0.692. The third kappa shape index (κ3) is 9.43. The second-order valence-corrected chi connectivity index (χ2v) is 6.81. The van der Waals surface area contributed by atoms with E-state index >= 15 is 0 Å². The Balaban J connectivity index is 4.73. The highest BCUT2D eigenvalue weighted by atomic mass is 35.5. The first-order chi connectivity index (χ1) is 10.0. The van der Waals surface area contributed by atoms with Crippen molar-refractivity contribution in [3.05, 3.63) is 25.7 Å². The van der Waals surface area contributed by atoms with E-state index in [4.69, 9.17) is 41.7 Å². The van der Waals surface area contributed by atoms with Gasteiger partial charge in [0.25, 0.3) is 0 Å². The molecule has 0 radical (unpaired) electrons. The van der Waals surface area contributed by atoms with Crippen molar-refractivity contribution in [1.29, 1.82) is 0 Å². The van der Waals surface area contributed by atoms with Crippen LogP contribution in [-0.4, -0.2) is 43.3 Å². The minimum absolute atomic E-state index is 0.125. The van der Waals surface area contributed by atoms with Gasteiger partial charge in [0.15, 0.2) is 0 Å². The van der Waals surface area contributed by atoms with Crippen molar-refractivity contribution in [2.75, 3.05) is 31.1 Å². The van der Waals surface area contributed by atoms with E-state index in [1.54, 1.807) is 0 Å². The van der Waals surface area contributed by atoms with Crippen molar-refractivity contribution in [3.63, 3.8) is 0 Å². The van der Waals surface area contributed by atoms with Crippen LogP contribution in [0.5, 0.6) is 0 Å². The summed E-state index contributed by atoms with van der Waals surface area (Å²) in [5.41, 5.74) is 0. The van der Waals surface area contributed by atoms with Crippen LogP contribution < -0.4 is 0 Å². The predicted molar refractivity (Wildman–Crippen MR) is 86.2 cm³/mol. The molecule has 2 atom stereocenters. The summed E-state index contributed by atoms with van der Waals surface area (Å²) in [6.45, 7) is 9.04. The Kier molecular flexibility index (Phi) is 12.3. The highest BCUT2D eigenvalue weighted by Crippen LogP contribution is 2.51. The Morgan fingerprint density at radius 1 is 1.05 bits per heavy atom. The third-order valence-electron chi connectivity index (χ3n) is 2.26. The van der Waals surface area contributed by atoms with Gasteiger partial charge in [0.05, 0.1) is 24.3 Å². The molecule has 0 aliphatic heterocycles. The molecule has 0 heterocycles. The summed E-state index contributed by atoms with van der Waals surface area (Å²) in [5, 5.41) is 0. The molecule has 0 aromatic rings. The van der Waals surface area contributed by atoms with Crippen LogP contribution in [0.25, 0.3) is 0 Å². The van der Waals surface area contributed by atoms with E-state index in [-0.39, 0.29) is 31.1 Å². The minimum Gasteiger partial charge on any atom is -0.499 e. The van der Waals surface area contributed by atoms with Crippen LogP contribution in [0.2, 0.25) is 0 Å². The summed E-state index contributed by atoms with van der Waals surface area (Å²) >= 11 is 11.6. The van der Waals surface area contributed by atoms with Crippen LogP contribution in [0.15, 0.2) is 25.7 Å². The van der Waals surface area contributed by atoms with Crippen LogP contribution in [0, 0.1) is 0 Å². The molecule has 124 valence electrons. The van der Waals surface area contributed by atoms with Gasteiger partial charge < -0.3 is 18.5 Å². The van der Waals surface area contributed by atoms with Crippen molar-refractivity contribution < 1.29 is 23.1 Å². The fourth-order valence-electron chi connectivity index (χ4n) is 1.42. The molecule has 0 saturated carbocycles. The zero-order chi connectivity index (χ0) is 16.1. The maximum absolute atomic E-state index is 12.8. The molecular formula is C13H23Cl2O5P. The molecule has 0 fully saturated rings. The van der Waals surface area contributed by atoms with Crippen molar-refractivity contribution in [2.45, 2.75) is 25.6 Å². The Morgan fingerprint density at radius 3 is 1.76 bits per heavy atom. The van der Waals surface area contributed by atoms with Gasteiger partial charge >= 0.3 is 7.60 Å². The van der Waals surface area contributed by atoms with E-state index in [0.717, 1.165) is 0 Å². The largest absolute Gasteiger partial charge is 0.499 e. The smallest absolute Gasteiger partial charge is 0.331 e. The van der Waals surface area contributed by atoms with Gasteiger partial charge in [0.1, 0.15) is 25.4 Å². The lowest BCUT2D eigenvalue weighted by Crippen LogP contribution is -2.25. The number of ether oxygens (including phenoxy) is 2. The number of rotatable bonds is 14. The topological polar surface area (TPSA) is 54.0 Å². The molecule has 5 nitrogen and oxygen atoms in total. The highest BCUT2D eigenvalue weighted by molar-refractivity contribution is 7.53. The van der Waals surface area contributed by atoms with Crippen molar-refractivity contribution in [3.8, 4) is 0 Å². The molecule has 0 aromatic carbocycles. The molecule has 0 aliphatic carbocycles. The maximum atomic E-state index is 12.8. The zero-order valence-electron chi connectivity index (χ0n) is 12.2. The number of hydrogen-bond donors (Lipinski definition) is 0. The molecule has 0 bridgehead atoms. The summed E-state index contributed by atoms with van der Waals surface area (Å²) in [7, 11) is -3.34. The van der Waals surface area contributed by atoms with Gasteiger partial charge in [-0.1, -0.05) is 20.1 Å². The Morgan fingerprint density at radius 2 is 1.48 bits per heavy atom. The first kappa shape index (κ1) is 20.8. The lowest BCUT2D eigenvalue weighted by molar-refractivity contribution is 0.0636. The Hall–Kier alpha value is -0.190. The summed E-state index contributed by atoms with van der Waals surface area (Å²) in [6.07, 6.45) is 2.32. The lowest BCUT2D eigenvalue weighted by atomic mass is 10.4. The van der Waals surface area contributed by atoms with Gasteiger partial charge in [-0.3, -0.25) is 4.57 Å².